The van der Waals surface area contributed by atoms with Crippen molar-refractivity contribution in [2.24, 2.45) is 0 Å². The van der Waals surface area contributed by atoms with Crippen LogP contribution in [0.3, 0.4) is 0 Å². The Morgan fingerprint density at radius 1 is 1.18 bits per heavy atom. The highest BCUT2D eigenvalue weighted by molar-refractivity contribution is 5.36. The van der Waals surface area contributed by atoms with Gasteiger partial charge in [-0.3, -0.25) is 0 Å². The summed E-state index contributed by atoms with van der Waals surface area (Å²) in [6.07, 6.45) is 2.27. The number of unbranched alkanes of at least 4 members (excludes halogenated alkanes) is 1. The van der Waals surface area contributed by atoms with Crippen molar-refractivity contribution in [3.8, 4) is 5.88 Å². The Morgan fingerprint density at radius 3 is 2.82 bits per heavy atom. The Balaban J connectivity index is 2.19. The molecule has 0 aliphatic carbocycles. The highest BCUT2D eigenvalue weighted by Gasteiger charge is 1.97. The second kappa shape index (κ2) is 8.82. The lowest BCUT2D eigenvalue weighted by Crippen LogP contribution is -2.08. The molecule has 0 fully saturated rings. The molecule has 0 saturated heterocycles. The summed E-state index contributed by atoms with van der Waals surface area (Å²) in [5.74, 6) is 1.49. The van der Waals surface area contributed by atoms with Gasteiger partial charge >= 0.3 is 0 Å². The van der Waals surface area contributed by atoms with Crippen molar-refractivity contribution in [2.45, 2.75) is 26.7 Å². The van der Waals surface area contributed by atoms with Crippen LogP contribution in [0.15, 0.2) is 18.2 Å². The fraction of sp³-hybridized carbons (Fsp3) is 0.615. The molecule has 1 heterocycles. The zero-order chi connectivity index (χ0) is 12.3. The smallest absolute Gasteiger partial charge is 0.215 e. The number of rotatable bonds is 9. The monoisotopic (exact) mass is 238 g/mol. The van der Waals surface area contributed by atoms with Crippen LogP contribution >= 0.6 is 0 Å². The Bertz CT molecular complexity index is 305. The molecule has 4 heteroatoms. The van der Waals surface area contributed by atoms with E-state index in [2.05, 4.69) is 17.2 Å². The molecule has 0 saturated carbocycles. The van der Waals surface area contributed by atoms with Gasteiger partial charge in [-0.15, -0.1) is 0 Å². The van der Waals surface area contributed by atoms with Crippen LogP contribution < -0.4 is 10.1 Å². The zero-order valence-electron chi connectivity index (χ0n) is 10.7. The molecule has 1 N–H and O–H groups in total. The highest BCUT2D eigenvalue weighted by atomic mass is 16.5. The van der Waals surface area contributed by atoms with Gasteiger partial charge in [-0.05, 0) is 19.4 Å². The van der Waals surface area contributed by atoms with Crippen LogP contribution in [-0.4, -0.2) is 31.3 Å². The number of anilines is 1. The first-order valence-corrected chi connectivity index (χ1v) is 6.28. The van der Waals surface area contributed by atoms with Crippen LogP contribution in [0, 0.1) is 0 Å². The number of nitrogens with zero attached hydrogens (tertiary/aromatic N) is 1. The first-order valence-electron chi connectivity index (χ1n) is 6.28. The largest absolute Gasteiger partial charge is 0.475 e. The van der Waals surface area contributed by atoms with E-state index in [1.54, 1.807) is 0 Å². The quantitative estimate of drug-likeness (QED) is 0.672. The van der Waals surface area contributed by atoms with E-state index in [0.717, 1.165) is 31.8 Å². The molecule has 0 radical (unpaired) electrons. The first-order chi connectivity index (χ1) is 8.36. The fourth-order valence-electron chi connectivity index (χ4n) is 1.33. The molecule has 1 aromatic rings. The fourth-order valence-corrected chi connectivity index (χ4v) is 1.33. The van der Waals surface area contributed by atoms with E-state index in [4.69, 9.17) is 9.47 Å². The molecule has 0 spiro atoms. The SMILES string of the molecule is CCCCOCCOc1cccc(NCC)n1. The predicted molar refractivity (Wildman–Crippen MR) is 69.6 cm³/mol. The van der Waals surface area contributed by atoms with Gasteiger partial charge in [0.1, 0.15) is 12.4 Å². The number of nitrogens with one attached hydrogen (secondary N) is 1. The molecule has 0 unspecified atom stereocenters. The minimum atomic E-state index is 0.548. The van der Waals surface area contributed by atoms with Gasteiger partial charge in [0.15, 0.2) is 0 Å². The summed E-state index contributed by atoms with van der Waals surface area (Å²) in [7, 11) is 0. The molecule has 0 bridgehead atoms. The van der Waals surface area contributed by atoms with E-state index in [1.807, 2.05) is 25.1 Å². The molecule has 0 aliphatic heterocycles. The lowest BCUT2D eigenvalue weighted by atomic mass is 10.4. The van der Waals surface area contributed by atoms with E-state index in [1.165, 1.54) is 0 Å². The summed E-state index contributed by atoms with van der Waals surface area (Å²) in [4.78, 5) is 4.31. The Morgan fingerprint density at radius 2 is 2.06 bits per heavy atom. The van der Waals surface area contributed by atoms with Gasteiger partial charge in [0, 0.05) is 19.2 Å². The number of aromatic nitrogens is 1. The third kappa shape index (κ3) is 6.12. The van der Waals surface area contributed by atoms with Crippen LogP contribution in [-0.2, 0) is 4.74 Å². The molecular formula is C13H22N2O2. The Labute approximate surface area is 103 Å². The van der Waals surface area contributed by atoms with E-state index in [9.17, 15) is 0 Å². The van der Waals surface area contributed by atoms with E-state index >= 15 is 0 Å². The second-order valence-corrected chi connectivity index (χ2v) is 3.71. The number of ether oxygens (including phenoxy) is 2. The van der Waals surface area contributed by atoms with Crippen molar-refractivity contribution in [1.29, 1.82) is 0 Å². The van der Waals surface area contributed by atoms with Crippen molar-refractivity contribution in [1.82, 2.24) is 4.98 Å². The minimum Gasteiger partial charge on any atom is -0.475 e. The van der Waals surface area contributed by atoms with E-state index < -0.39 is 0 Å². The summed E-state index contributed by atoms with van der Waals surface area (Å²) in [5.41, 5.74) is 0. The van der Waals surface area contributed by atoms with Crippen molar-refractivity contribution < 1.29 is 9.47 Å². The maximum atomic E-state index is 5.50. The van der Waals surface area contributed by atoms with Gasteiger partial charge in [-0.25, -0.2) is 0 Å². The van der Waals surface area contributed by atoms with Crippen molar-refractivity contribution in [3.63, 3.8) is 0 Å². The van der Waals surface area contributed by atoms with Crippen LogP contribution in [0.5, 0.6) is 5.88 Å². The summed E-state index contributed by atoms with van der Waals surface area (Å²) in [6, 6.07) is 5.71. The lowest BCUT2D eigenvalue weighted by molar-refractivity contribution is 0.0966. The maximum Gasteiger partial charge on any atom is 0.215 e. The normalized spacial score (nSPS) is 10.2. The van der Waals surface area contributed by atoms with Crippen LogP contribution in [0.25, 0.3) is 0 Å². The summed E-state index contributed by atoms with van der Waals surface area (Å²) in [6.45, 7) is 7.02. The van der Waals surface area contributed by atoms with Gasteiger partial charge in [0.2, 0.25) is 5.88 Å². The molecule has 0 aliphatic rings. The third-order valence-corrected chi connectivity index (χ3v) is 2.20. The van der Waals surface area contributed by atoms with Crippen molar-refractivity contribution in [2.75, 3.05) is 31.7 Å². The topological polar surface area (TPSA) is 43.4 Å². The predicted octanol–water partition coefficient (Wildman–Crippen LogP) is 2.71. The summed E-state index contributed by atoms with van der Waals surface area (Å²) in [5, 5.41) is 3.14. The third-order valence-electron chi connectivity index (χ3n) is 2.20. The number of hydrogen-bond donors (Lipinski definition) is 1. The van der Waals surface area contributed by atoms with Gasteiger partial charge in [0.25, 0.3) is 0 Å². The Hall–Kier alpha value is -1.29. The molecule has 0 atom stereocenters. The lowest BCUT2D eigenvalue weighted by Gasteiger charge is -2.08. The molecular weight excluding hydrogens is 216 g/mol. The Kier molecular flexibility index (Phi) is 7.14. The van der Waals surface area contributed by atoms with Crippen molar-refractivity contribution in [3.05, 3.63) is 18.2 Å². The standard InChI is InChI=1S/C13H22N2O2/c1-3-5-9-16-10-11-17-13-8-6-7-12(15-13)14-4-2/h6-8H,3-5,9-11H2,1-2H3,(H,14,15). The molecule has 96 valence electrons. The average molecular weight is 238 g/mol. The number of pyridine rings is 1. The van der Waals surface area contributed by atoms with Gasteiger partial charge < -0.3 is 14.8 Å². The van der Waals surface area contributed by atoms with Gasteiger partial charge in [-0.2, -0.15) is 4.98 Å². The maximum absolute atomic E-state index is 5.50. The summed E-state index contributed by atoms with van der Waals surface area (Å²) >= 11 is 0. The van der Waals surface area contributed by atoms with Crippen LogP contribution in [0.4, 0.5) is 5.82 Å². The molecule has 4 nitrogen and oxygen atoms in total. The minimum absolute atomic E-state index is 0.548. The van der Waals surface area contributed by atoms with Gasteiger partial charge in [-0.1, -0.05) is 19.4 Å². The zero-order valence-corrected chi connectivity index (χ0v) is 10.7. The van der Waals surface area contributed by atoms with E-state index in [0.29, 0.717) is 19.1 Å². The highest BCUT2D eigenvalue weighted by Crippen LogP contribution is 2.10. The molecule has 0 amide bonds. The molecule has 1 aromatic heterocycles. The molecule has 1 rings (SSSR count). The first kappa shape index (κ1) is 13.8. The number of hydrogen-bond acceptors (Lipinski definition) is 4. The van der Waals surface area contributed by atoms with Gasteiger partial charge in [0.05, 0.1) is 6.61 Å². The van der Waals surface area contributed by atoms with Crippen molar-refractivity contribution >= 4 is 5.82 Å². The van der Waals surface area contributed by atoms with Crippen LogP contribution in [0.1, 0.15) is 26.7 Å². The molecule has 17 heavy (non-hydrogen) atoms. The molecule has 0 aromatic carbocycles. The summed E-state index contributed by atoms with van der Waals surface area (Å²) < 4.78 is 10.9. The van der Waals surface area contributed by atoms with Crippen LogP contribution in [0.2, 0.25) is 0 Å². The second-order valence-electron chi connectivity index (χ2n) is 3.71. The average Bonchev–Trinajstić information content (AvgIpc) is 2.35. The van der Waals surface area contributed by atoms with E-state index in [-0.39, 0.29) is 0 Å².